The van der Waals surface area contributed by atoms with Crippen molar-refractivity contribution in [3.63, 3.8) is 0 Å². The molecule has 14 heavy (non-hydrogen) atoms. The SMILES string of the molecule is Cc1n[n-]c2nc(C(C)C)ccc12.[Rb+]. The fourth-order valence-corrected chi connectivity index (χ4v) is 1.32. The Balaban J connectivity index is 0.000000980. The first-order chi connectivity index (χ1) is 6.18. The smallest absolute Gasteiger partial charge is 0.438 e. The normalized spacial score (nSPS) is 10.6. The molecule has 0 spiro atoms. The van der Waals surface area contributed by atoms with Crippen molar-refractivity contribution in [1.29, 1.82) is 0 Å². The molecule has 0 aromatic carbocycles. The van der Waals surface area contributed by atoms with E-state index in [0.29, 0.717) is 5.92 Å². The van der Waals surface area contributed by atoms with Gasteiger partial charge in [-0.25, -0.2) is 0 Å². The maximum Gasteiger partial charge on any atom is 1.00 e. The Kier molecular flexibility index (Phi) is 4.43. The molecule has 0 fully saturated rings. The van der Waals surface area contributed by atoms with E-state index in [4.69, 9.17) is 0 Å². The van der Waals surface area contributed by atoms with Crippen molar-refractivity contribution in [3.8, 4) is 0 Å². The molecule has 0 saturated carbocycles. The second kappa shape index (κ2) is 4.97. The summed E-state index contributed by atoms with van der Waals surface area (Å²) in [6, 6.07) is 4.09. The minimum absolute atomic E-state index is 0. The molecule has 2 rings (SSSR count). The molecule has 3 nitrogen and oxygen atoms in total. The fourth-order valence-electron chi connectivity index (χ4n) is 1.32. The first-order valence-corrected chi connectivity index (χ1v) is 4.45. The first-order valence-electron chi connectivity index (χ1n) is 4.45. The Morgan fingerprint density at radius 2 is 2.00 bits per heavy atom. The maximum atomic E-state index is 4.42. The maximum absolute atomic E-state index is 4.42. The number of aromatic nitrogens is 3. The predicted molar refractivity (Wildman–Crippen MR) is 51.7 cm³/mol. The van der Waals surface area contributed by atoms with Gasteiger partial charge in [0.25, 0.3) is 0 Å². The second-order valence-electron chi connectivity index (χ2n) is 3.55. The third-order valence-corrected chi connectivity index (χ3v) is 2.17. The van der Waals surface area contributed by atoms with Crippen molar-refractivity contribution in [2.45, 2.75) is 26.7 Å². The van der Waals surface area contributed by atoms with Gasteiger partial charge in [0.15, 0.2) is 0 Å². The van der Waals surface area contributed by atoms with Crippen molar-refractivity contribution in [1.82, 2.24) is 15.2 Å². The average Bonchev–Trinajstić information content (AvgIpc) is 2.47. The van der Waals surface area contributed by atoms with Crippen molar-refractivity contribution in [2.24, 2.45) is 0 Å². The van der Waals surface area contributed by atoms with E-state index >= 15 is 0 Å². The standard InChI is InChI=1S/C10H12N3.Rb/c1-6(2)9-5-4-8-7(3)12-13-10(8)11-9;/h4-6H,1-3H3;/q-1;+1. The van der Waals surface area contributed by atoms with Gasteiger partial charge in [0.05, 0.1) is 0 Å². The second-order valence-corrected chi connectivity index (χ2v) is 3.55. The number of aryl methyl sites for hydroxylation is 1. The van der Waals surface area contributed by atoms with Crippen LogP contribution in [0.5, 0.6) is 0 Å². The van der Waals surface area contributed by atoms with Crippen molar-refractivity contribution in [2.75, 3.05) is 0 Å². The Bertz CT molecular complexity index is 434. The van der Waals surface area contributed by atoms with Gasteiger partial charge in [0.1, 0.15) is 0 Å². The Labute approximate surface area is 132 Å². The zero-order chi connectivity index (χ0) is 9.42. The molecule has 0 aliphatic heterocycles. The quantitative estimate of drug-likeness (QED) is 0.661. The van der Waals surface area contributed by atoms with E-state index in [1.807, 2.05) is 19.1 Å². The zero-order valence-corrected chi connectivity index (χ0v) is 14.0. The van der Waals surface area contributed by atoms with Gasteiger partial charge in [0.2, 0.25) is 0 Å². The van der Waals surface area contributed by atoms with E-state index in [0.717, 1.165) is 22.4 Å². The van der Waals surface area contributed by atoms with E-state index < -0.39 is 0 Å². The number of hydrogen-bond acceptors (Lipinski definition) is 2. The van der Waals surface area contributed by atoms with Crippen molar-refractivity contribution in [3.05, 3.63) is 23.5 Å². The summed E-state index contributed by atoms with van der Waals surface area (Å²) >= 11 is 0. The van der Waals surface area contributed by atoms with Crippen LogP contribution in [0.1, 0.15) is 31.2 Å². The van der Waals surface area contributed by atoms with Gasteiger partial charge in [0, 0.05) is 5.69 Å². The molecule has 2 aromatic rings. The minimum atomic E-state index is 0. The summed E-state index contributed by atoms with van der Waals surface area (Å²) in [7, 11) is 0. The van der Waals surface area contributed by atoms with Crippen LogP contribution in [-0.2, 0) is 0 Å². The summed E-state index contributed by atoms with van der Waals surface area (Å²) in [6.45, 7) is 6.20. The van der Waals surface area contributed by atoms with Gasteiger partial charge >= 0.3 is 58.2 Å². The monoisotopic (exact) mass is 259 g/mol. The molecule has 0 amide bonds. The number of fused-ring (bicyclic) bond motifs is 1. The molecule has 0 unspecified atom stereocenters. The number of rotatable bonds is 1. The molecule has 68 valence electrons. The molecule has 0 aliphatic carbocycles. The Morgan fingerprint density at radius 3 is 2.64 bits per heavy atom. The fraction of sp³-hybridized carbons (Fsp3) is 0.400. The summed E-state index contributed by atoms with van der Waals surface area (Å²) in [6.07, 6.45) is 0. The molecule has 0 N–H and O–H groups in total. The van der Waals surface area contributed by atoms with E-state index in [-0.39, 0.29) is 58.2 Å². The Hall–Kier alpha value is 0.425. The third-order valence-electron chi connectivity index (χ3n) is 2.17. The molecule has 0 atom stereocenters. The van der Waals surface area contributed by atoms with Crippen LogP contribution in [0, 0.1) is 6.92 Å². The van der Waals surface area contributed by atoms with Crippen LogP contribution in [0.2, 0.25) is 0 Å². The van der Waals surface area contributed by atoms with E-state index in [9.17, 15) is 0 Å². The molecule has 0 bridgehead atoms. The van der Waals surface area contributed by atoms with E-state index in [1.165, 1.54) is 0 Å². The number of nitrogens with zero attached hydrogens (tertiary/aromatic N) is 3. The van der Waals surface area contributed by atoms with Crippen LogP contribution >= 0.6 is 0 Å². The van der Waals surface area contributed by atoms with Gasteiger partial charge in [-0.2, -0.15) is 0 Å². The minimum Gasteiger partial charge on any atom is -0.438 e. The molecular weight excluding hydrogens is 248 g/mol. The number of hydrogen-bond donors (Lipinski definition) is 0. The molecule has 2 heterocycles. The van der Waals surface area contributed by atoms with Crippen molar-refractivity contribution < 1.29 is 58.2 Å². The summed E-state index contributed by atoms with van der Waals surface area (Å²) in [5.74, 6) is 0.446. The van der Waals surface area contributed by atoms with E-state index in [1.54, 1.807) is 0 Å². The first kappa shape index (κ1) is 12.5. The summed E-state index contributed by atoms with van der Waals surface area (Å²) in [5.41, 5.74) is 2.80. The van der Waals surface area contributed by atoms with Crippen LogP contribution < -0.4 is 63.3 Å². The van der Waals surface area contributed by atoms with Gasteiger partial charge in [-0.05, 0) is 23.9 Å². The molecular formula is C10H12N3Rb. The topological polar surface area (TPSA) is 39.9 Å². The number of pyridine rings is 1. The molecule has 0 saturated heterocycles. The van der Waals surface area contributed by atoms with Gasteiger partial charge in [-0.3, -0.25) is 5.10 Å². The predicted octanol–water partition coefficient (Wildman–Crippen LogP) is -0.977. The largest absolute Gasteiger partial charge is 1.00 e. The zero-order valence-electron chi connectivity index (χ0n) is 9.07. The molecule has 4 heteroatoms. The summed E-state index contributed by atoms with van der Waals surface area (Å²) < 4.78 is 0. The van der Waals surface area contributed by atoms with Crippen LogP contribution in [0.4, 0.5) is 0 Å². The van der Waals surface area contributed by atoms with Gasteiger partial charge < -0.3 is 10.1 Å². The van der Waals surface area contributed by atoms with Crippen LogP contribution in [-0.4, -0.2) is 10.1 Å². The van der Waals surface area contributed by atoms with Crippen LogP contribution in [0.25, 0.3) is 11.0 Å². The van der Waals surface area contributed by atoms with Gasteiger partial charge in [-0.15, -0.1) is 0 Å². The molecule has 0 radical (unpaired) electrons. The molecule has 2 aromatic heterocycles. The van der Waals surface area contributed by atoms with Crippen molar-refractivity contribution >= 4 is 11.0 Å². The van der Waals surface area contributed by atoms with E-state index in [2.05, 4.69) is 29.0 Å². The average molecular weight is 260 g/mol. The van der Waals surface area contributed by atoms with Crippen LogP contribution in [0.3, 0.4) is 0 Å². The Morgan fingerprint density at radius 1 is 1.29 bits per heavy atom. The third kappa shape index (κ3) is 2.32. The van der Waals surface area contributed by atoms with Gasteiger partial charge in [-0.1, -0.05) is 31.7 Å². The molecule has 0 aliphatic rings. The summed E-state index contributed by atoms with van der Waals surface area (Å²) in [5, 5.41) is 9.04. The van der Waals surface area contributed by atoms with Crippen LogP contribution in [0.15, 0.2) is 12.1 Å². The summed E-state index contributed by atoms with van der Waals surface area (Å²) in [4.78, 5) is 4.42.